The summed E-state index contributed by atoms with van der Waals surface area (Å²) in [6.07, 6.45) is 1.97. The highest BCUT2D eigenvalue weighted by Gasteiger charge is 2.38. The van der Waals surface area contributed by atoms with E-state index < -0.39 is 23.2 Å². The summed E-state index contributed by atoms with van der Waals surface area (Å²) >= 11 is 0. The third-order valence-corrected chi connectivity index (χ3v) is 4.46. The van der Waals surface area contributed by atoms with Gasteiger partial charge in [-0.05, 0) is 18.6 Å². The van der Waals surface area contributed by atoms with E-state index in [0.717, 1.165) is 6.42 Å². The quantitative estimate of drug-likeness (QED) is 0.799. The van der Waals surface area contributed by atoms with E-state index in [1.54, 1.807) is 25.3 Å². The van der Waals surface area contributed by atoms with Crippen molar-refractivity contribution in [3.8, 4) is 0 Å². The summed E-state index contributed by atoms with van der Waals surface area (Å²) in [5.74, 6) is -1.44. The number of carbonyl (C=O) groups is 2. The van der Waals surface area contributed by atoms with Crippen LogP contribution in [0.2, 0.25) is 0 Å². The molecule has 1 saturated carbocycles. The highest BCUT2D eigenvalue weighted by molar-refractivity contribution is 5.99. The van der Waals surface area contributed by atoms with E-state index in [0.29, 0.717) is 5.56 Å². The first-order valence-corrected chi connectivity index (χ1v) is 8.46. The van der Waals surface area contributed by atoms with Gasteiger partial charge in [0.2, 0.25) is 0 Å². The minimum atomic E-state index is -0.613. The van der Waals surface area contributed by atoms with Gasteiger partial charge in [-0.15, -0.1) is 0 Å². The lowest BCUT2D eigenvalue weighted by molar-refractivity contribution is 0.0782. The molecular weight excluding hydrogens is 353 g/mol. The molecule has 3 rings (SSSR count). The Bertz CT molecular complexity index is 927. The molecule has 2 unspecified atom stereocenters. The predicted molar refractivity (Wildman–Crippen MR) is 95.9 cm³/mol. The molecule has 1 heterocycles. The van der Waals surface area contributed by atoms with Crippen molar-refractivity contribution in [3.63, 3.8) is 0 Å². The zero-order valence-electron chi connectivity index (χ0n) is 15.0. The molecule has 27 heavy (non-hydrogen) atoms. The number of carbonyl (C=O) groups excluding carboxylic acids is 2. The van der Waals surface area contributed by atoms with Crippen LogP contribution in [0.3, 0.4) is 0 Å². The topological polar surface area (TPSA) is 91.5 Å². The number of hydrogen-bond acceptors (Lipinski definition) is 4. The molecule has 142 valence electrons. The molecule has 1 aliphatic carbocycles. The fourth-order valence-electron chi connectivity index (χ4n) is 2.77. The number of nitrogens with zero attached hydrogens (tertiary/aromatic N) is 1. The number of hydrogen-bond donors (Lipinski definition) is 2. The first kappa shape index (κ1) is 18.8. The van der Waals surface area contributed by atoms with Gasteiger partial charge >= 0.3 is 0 Å². The van der Waals surface area contributed by atoms with Gasteiger partial charge in [0.25, 0.3) is 17.4 Å². The summed E-state index contributed by atoms with van der Waals surface area (Å²) in [5.41, 5.74) is -0.296. The van der Waals surface area contributed by atoms with Gasteiger partial charge in [-0.2, -0.15) is 0 Å². The smallest absolute Gasteiger partial charge is 0.260 e. The lowest BCUT2D eigenvalue weighted by atomic mass is 10.1. The molecule has 2 atom stereocenters. The number of halogens is 1. The van der Waals surface area contributed by atoms with E-state index in [1.165, 1.54) is 30.3 Å². The molecule has 2 amide bonds. The molecule has 7 nitrogen and oxygen atoms in total. The van der Waals surface area contributed by atoms with Gasteiger partial charge in [0.05, 0.1) is 17.7 Å². The van der Waals surface area contributed by atoms with Crippen molar-refractivity contribution in [1.29, 1.82) is 0 Å². The molecule has 1 aromatic carbocycles. The number of rotatable bonds is 6. The number of methoxy groups -OCH3 is 1. The van der Waals surface area contributed by atoms with Crippen LogP contribution in [0.15, 0.2) is 41.3 Å². The van der Waals surface area contributed by atoms with Crippen LogP contribution in [0.1, 0.15) is 32.7 Å². The minimum absolute atomic E-state index is 0.00103. The SMILES string of the molecule is COC1CC1NC(=O)c1c[nH]c(=O)c(C(=O)N(C)Cc2ccccc2F)c1. The van der Waals surface area contributed by atoms with Crippen molar-refractivity contribution in [3.05, 3.63) is 69.4 Å². The molecule has 2 N–H and O–H groups in total. The lowest BCUT2D eigenvalue weighted by Crippen LogP contribution is -2.33. The lowest BCUT2D eigenvalue weighted by Gasteiger charge is -2.17. The second kappa shape index (κ2) is 7.71. The first-order valence-electron chi connectivity index (χ1n) is 8.46. The third kappa shape index (κ3) is 4.22. The maximum Gasteiger partial charge on any atom is 0.260 e. The van der Waals surface area contributed by atoms with Crippen molar-refractivity contribution >= 4 is 11.8 Å². The Morgan fingerprint density at radius 3 is 2.78 bits per heavy atom. The first-order chi connectivity index (χ1) is 12.9. The van der Waals surface area contributed by atoms with Gasteiger partial charge in [0.1, 0.15) is 11.4 Å². The summed E-state index contributed by atoms with van der Waals surface area (Å²) in [5, 5.41) is 2.77. The van der Waals surface area contributed by atoms with Crippen molar-refractivity contribution < 1.29 is 18.7 Å². The summed E-state index contributed by atoms with van der Waals surface area (Å²) in [7, 11) is 3.04. The molecule has 0 saturated heterocycles. The zero-order valence-corrected chi connectivity index (χ0v) is 15.0. The number of pyridine rings is 1. The summed E-state index contributed by atoms with van der Waals surface area (Å²) < 4.78 is 18.9. The number of amides is 2. The average molecular weight is 373 g/mol. The van der Waals surface area contributed by atoms with E-state index in [9.17, 15) is 18.8 Å². The van der Waals surface area contributed by atoms with E-state index in [2.05, 4.69) is 10.3 Å². The summed E-state index contributed by atoms with van der Waals surface area (Å²) in [6, 6.07) is 7.27. The van der Waals surface area contributed by atoms with Crippen LogP contribution in [0.4, 0.5) is 4.39 Å². The predicted octanol–water partition coefficient (Wildman–Crippen LogP) is 1.30. The molecule has 2 aromatic rings. The van der Waals surface area contributed by atoms with Gasteiger partial charge in [0.15, 0.2) is 0 Å². The van der Waals surface area contributed by atoms with Crippen molar-refractivity contribution in [1.82, 2.24) is 15.2 Å². The standard InChI is InChI=1S/C19H20FN3O4/c1-23(10-11-5-3-4-6-14(11)20)19(26)13-7-12(9-21-18(13)25)17(24)22-15-8-16(15)27-2/h3-7,9,15-16H,8,10H2,1-2H3,(H,21,25)(H,22,24). The summed E-state index contributed by atoms with van der Waals surface area (Å²) in [6.45, 7) is -0.00103. The van der Waals surface area contributed by atoms with E-state index in [1.807, 2.05) is 0 Å². The molecule has 1 aromatic heterocycles. The number of benzene rings is 1. The van der Waals surface area contributed by atoms with Crippen LogP contribution < -0.4 is 10.9 Å². The van der Waals surface area contributed by atoms with Crippen LogP contribution in [-0.4, -0.2) is 48.0 Å². The second-order valence-corrected chi connectivity index (χ2v) is 6.47. The molecule has 8 heteroatoms. The fraction of sp³-hybridized carbons (Fsp3) is 0.316. The van der Waals surface area contributed by atoms with Gasteiger partial charge < -0.3 is 19.9 Å². The van der Waals surface area contributed by atoms with Crippen molar-refractivity contribution in [2.24, 2.45) is 0 Å². The molecule has 0 bridgehead atoms. The average Bonchev–Trinajstić information content (AvgIpc) is 3.41. The van der Waals surface area contributed by atoms with Crippen LogP contribution >= 0.6 is 0 Å². The maximum absolute atomic E-state index is 13.8. The van der Waals surface area contributed by atoms with Gasteiger partial charge in [-0.25, -0.2) is 4.39 Å². The van der Waals surface area contributed by atoms with Gasteiger partial charge in [-0.3, -0.25) is 14.4 Å². The third-order valence-electron chi connectivity index (χ3n) is 4.46. The maximum atomic E-state index is 13.8. The number of aromatic amines is 1. The zero-order chi connectivity index (χ0) is 19.6. The Balaban J connectivity index is 1.75. The number of aromatic nitrogens is 1. The molecule has 1 aliphatic rings. The Labute approximate surface area is 155 Å². The minimum Gasteiger partial charge on any atom is -0.379 e. The highest BCUT2D eigenvalue weighted by atomic mass is 19.1. The monoisotopic (exact) mass is 373 g/mol. The molecule has 0 spiro atoms. The summed E-state index contributed by atoms with van der Waals surface area (Å²) in [4.78, 5) is 40.6. The van der Waals surface area contributed by atoms with Crippen molar-refractivity contribution in [2.75, 3.05) is 14.2 Å². The molecule has 0 radical (unpaired) electrons. The van der Waals surface area contributed by atoms with Gasteiger partial charge in [-0.1, -0.05) is 18.2 Å². The molecule has 1 fully saturated rings. The van der Waals surface area contributed by atoms with Gasteiger partial charge in [0, 0.05) is 32.5 Å². The second-order valence-electron chi connectivity index (χ2n) is 6.47. The molecular formula is C19H20FN3O4. The number of nitrogens with one attached hydrogen (secondary N) is 2. The fourth-order valence-corrected chi connectivity index (χ4v) is 2.77. The Morgan fingerprint density at radius 1 is 1.37 bits per heavy atom. The number of H-pyrrole nitrogens is 1. The van der Waals surface area contributed by atoms with E-state index >= 15 is 0 Å². The van der Waals surface area contributed by atoms with Crippen LogP contribution in [0.25, 0.3) is 0 Å². The van der Waals surface area contributed by atoms with E-state index in [-0.39, 0.29) is 29.8 Å². The van der Waals surface area contributed by atoms with E-state index in [4.69, 9.17) is 4.74 Å². The van der Waals surface area contributed by atoms with Crippen LogP contribution in [-0.2, 0) is 11.3 Å². The Hall–Kier alpha value is -3.00. The molecule has 0 aliphatic heterocycles. The van der Waals surface area contributed by atoms with Crippen molar-refractivity contribution in [2.45, 2.75) is 25.1 Å². The largest absolute Gasteiger partial charge is 0.379 e. The van der Waals surface area contributed by atoms with Crippen LogP contribution in [0, 0.1) is 5.82 Å². The van der Waals surface area contributed by atoms with Crippen LogP contribution in [0.5, 0.6) is 0 Å². The highest BCUT2D eigenvalue weighted by Crippen LogP contribution is 2.24. The Morgan fingerprint density at radius 2 is 2.11 bits per heavy atom. The Kier molecular flexibility index (Phi) is 5.36. The number of ether oxygens (including phenoxy) is 1. The normalized spacial score (nSPS) is 18.0.